The summed E-state index contributed by atoms with van der Waals surface area (Å²) in [6, 6.07) is 18.1. The molecule has 6 heteroatoms. The lowest BCUT2D eigenvalue weighted by Crippen LogP contribution is -2.29. The highest BCUT2D eigenvalue weighted by Gasteiger charge is 2.28. The molecule has 1 aromatic heterocycles. The smallest absolute Gasteiger partial charge is 0.261 e. The zero-order valence-corrected chi connectivity index (χ0v) is 15.9. The third kappa shape index (κ3) is 3.69. The number of benzene rings is 2. The number of rotatable bonds is 4. The van der Waals surface area contributed by atoms with Gasteiger partial charge >= 0.3 is 0 Å². The average Bonchev–Trinajstić information content (AvgIpc) is 2.74. The first kappa shape index (κ1) is 18.7. The second kappa shape index (κ2) is 7.75. The fourth-order valence-corrected chi connectivity index (χ4v) is 3.70. The molecule has 6 nitrogen and oxygen atoms in total. The molecule has 0 saturated carbocycles. The van der Waals surface area contributed by atoms with Crippen molar-refractivity contribution in [2.24, 2.45) is 0 Å². The minimum absolute atomic E-state index is 0.0140. The van der Waals surface area contributed by atoms with Crippen LogP contribution in [0, 0.1) is 0 Å². The molecule has 1 heterocycles. The molecule has 0 saturated heterocycles. The number of carbonyl (C=O) groups excluding carboxylic acids is 2. The summed E-state index contributed by atoms with van der Waals surface area (Å²) in [6.45, 7) is 0. The van der Waals surface area contributed by atoms with Crippen molar-refractivity contribution in [2.75, 3.05) is 12.4 Å². The molecule has 1 aliphatic rings. The van der Waals surface area contributed by atoms with E-state index in [1.54, 1.807) is 24.3 Å². The SMILES string of the molecule is COc1ccccc1NC(=O)c1cc2c([nH]c1=O)C[C@@H](c1ccccc1)CC2=O. The van der Waals surface area contributed by atoms with E-state index >= 15 is 0 Å². The molecule has 146 valence electrons. The average molecular weight is 388 g/mol. The maximum absolute atomic E-state index is 12.7. The normalized spacial score (nSPS) is 15.5. The molecule has 1 amide bonds. The number of hydrogen-bond donors (Lipinski definition) is 2. The summed E-state index contributed by atoms with van der Waals surface area (Å²) in [5, 5.41) is 2.68. The number of para-hydroxylation sites is 2. The van der Waals surface area contributed by atoms with Crippen molar-refractivity contribution in [3.8, 4) is 5.75 Å². The van der Waals surface area contributed by atoms with Crippen LogP contribution in [-0.4, -0.2) is 23.8 Å². The van der Waals surface area contributed by atoms with Crippen LogP contribution in [0.1, 0.15) is 44.3 Å². The number of anilines is 1. The largest absolute Gasteiger partial charge is 0.495 e. The van der Waals surface area contributed by atoms with E-state index in [0.717, 1.165) is 5.56 Å². The first-order valence-electron chi connectivity index (χ1n) is 9.35. The van der Waals surface area contributed by atoms with E-state index in [0.29, 0.717) is 35.5 Å². The van der Waals surface area contributed by atoms with Gasteiger partial charge in [0.05, 0.1) is 12.8 Å². The third-order valence-corrected chi connectivity index (χ3v) is 5.18. The third-order valence-electron chi connectivity index (χ3n) is 5.18. The molecule has 0 unspecified atom stereocenters. The number of aromatic amines is 1. The minimum atomic E-state index is -0.587. The quantitative estimate of drug-likeness (QED) is 0.715. The van der Waals surface area contributed by atoms with E-state index in [1.807, 2.05) is 30.3 Å². The second-order valence-corrected chi connectivity index (χ2v) is 7.00. The monoisotopic (exact) mass is 388 g/mol. The molecule has 2 N–H and O–H groups in total. The predicted octanol–water partition coefficient (Wildman–Crippen LogP) is 3.55. The van der Waals surface area contributed by atoms with Crippen molar-refractivity contribution >= 4 is 17.4 Å². The topological polar surface area (TPSA) is 88.3 Å². The zero-order chi connectivity index (χ0) is 20.4. The lowest BCUT2D eigenvalue weighted by atomic mass is 9.81. The molecular weight excluding hydrogens is 368 g/mol. The number of ether oxygens (including phenoxy) is 1. The number of methoxy groups -OCH3 is 1. The standard InChI is InChI=1S/C23H20N2O4/c1-29-21-10-6-5-9-18(21)24-22(27)17-13-16-19(25-23(17)28)11-15(12-20(16)26)14-7-3-2-4-8-14/h2-10,13,15H,11-12H2,1H3,(H,24,27)(H,25,28)/t15-/m1/s1. The van der Waals surface area contributed by atoms with Gasteiger partial charge in [0.2, 0.25) is 0 Å². The number of Topliss-reactive ketones (excluding diaryl/α,β-unsaturated/α-hetero) is 1. The van der Waals surface area contributed by atoms with Gasteiger partial charge in [0.1, 0.15) is 11.3 Å². The first-order valence-corrected chi connectivity index (χ1v) is 9.35. The van der Waals surface area contributed by atoms with Crippen molar-refractivity contribution in [1.29, 1.82) is 0 Å². The summed E-state index contributed by atoms with van der Waals surface area (Å²) < 4.78 is 5.22. The Kier molecular flexibility index (Phi) is 4.99. The molecule has 2 aromatic carbocycles. The second-order valence-electron chi connectivity index (χ2n) is 7.00. The number of ketones is 1. The van der Waals surface area contributed by atoms with E-state index in [2.05, 4.69) is 10.3 Å². The molecular formula is C23H20N2O4. The van der Waals surface area contributed by atoms with E-state index < -0.39 is 11.5 Å². The Balaban J connectivity index is 1.63. The summed E-state index contributed by atoms with van der Waals surface area (Å²) in [5.74, 6) is -0.170. The molecule has 0 aliphatic heterocycles. The number of aromatic nitrogens is 1. The van der Waals surface area contributed by atoms with Crippen molar-refractivity contribution < 1.29 is 14.3 Å². The maximum atomic E-state index is 12.7. The molecule has 29 heavy (non-hydrogen) atoms. The maximum Gasteiger partial charge on any atom is 0.261 e. The Labute approximate surface area is 167 Å². The van der Waals surface area contributed by atoms with Crippen LogP contribution in [0.3, 0.4) is 0 Å². The summed E-state index contributed by atoms with van der Waals surface area (Å²) in [5.41, 5.74) is 1.88. The number of nitrogens with one attached hydrogen (secondary N) is 2. The number of carbonyl (C=O) groups is 2. The lowest BCUT2D eigenvalue weighted by Gasteiger charge is -2.24. The van der Waals surface area contributed by atoms with E-state index in [4.69, 9.17) is 4.74 Å². The number of H-pyrrole nitrogens is 1. The van der Waals surface area contributed by atoms with Crippen molar-refractivity contribution in [3.05, 3.63) is 93.4 Å². The van der Waals surface area contributed by atoms with Gasteiger partial charge in [-0.1, -0.05) is 42.5 Å². The van der Waals surface area contributed by atoms with Crippen LogP contribution < -0.4 is 15.6 Å². The summed E-state index contributed by atoms with van der Waals surface area (Å²) in [6.07, 6.45) is 0.894. The molecule has 3 aromatic rings. The number of pyridine rings is 1. The van der Waals surface area contributed by atoms with Crippen molar-refractivity contribution in [2.45, 2.75) is 18.8 Å². The minimum Gasteiger partial charge on any atom is -0.495 e. The Bertz CT molecular complexity index is 1140. The Hall–Kier alpha value is -3.67. The molecule has 0 spiro atoms. The zero-order valence-electron chi connectivity index (χ0n) is 15.9. The molecule has 1 atom stereocenters. The number of amides is 1. The lowest BCUT2D eigenvalue weighted by molar-refractivity contribution is 0.0963. The fourth-order valence-electron chi connectivity index (χ4n) is 3.70. The van der Waals surface area contributed by atoms with Crippen LogP contribution >= 0.6 is 0 Å². The molecule has 0 fully saturated rings. The van der Waals surface area contributed by atoms with Crippen LogP contribution in [0.2, 0.25) is 0 Å². The van der Waals surface area contributed by atoms with Crippen molar-refractivity contribution in [3.63, 3.8) is 0 Å². The van der Waals surface area contributed by atoms with Gasteiger partial charge in [-0.05, 0) is 36.1 Å². The van der Waals surface area contributed by atoms with Crippen LogP contribution in [-0.2, 0) is 6.42 Å². The van der Waals surface area contributed by atoms with Gasteiger partial charge in [0.15, 0.2) is 5.78 Å². The van der Waals surface area contributed by atoms with E-state index in [1.165, 1.54) is 13.2 Å². The fraction of sp³-hybridized carbons (Fsp3) is 0.174. The predicted molar refractivity (Wildman–Crippen MR) is 110 cm³/mol. The molecule has 4 rings (SSSR count). The summed E-state index contributed by atoms with van der Waals surface area (Å²) in [4.78, 5) is 40.7. The van der Waals surface area contributed by atoms with Gasteiger partial charge in [-0.15, -0.1) is 0 Å². The van der Waals surface area contributed by atoms with Crippen LogP contribution in [0.5, 0.6) is 5.75 Å². The van der Waals surface area contributed by atoms with Crippen LogP contribution in [0.15, 0.2) is 65.5 Å². The van der Waals surface area contributed by atoms with Gasteiger partial charge in [-0.25, -0.2) is 0 Å². The van der Waals surface area contributed by atoms with Crippen LogP contribution in [0.25, 0.3) is 0 Å². The van der Waals surface area contributed by atoms with E-state index in [-0.39, 0.29) is 17.3 Å². The van der Waals surface area contributed by atoms with Gasteiger partial charge in [-0.2, -0.15) is 0 Å². The molecule has 1 aliphatic carbocycles. The highest BCUT2D eigenvalue weighted by Crippen LogP contribution is 2.31. The Morgan fingerprint density at radius 1 is 1.03 bits per heavy atom. The van der Waals surface area contributed by atoms with Crippen molar-refractivity contribution in [1.82, 2.24) is 4.98 Å². The van der Waals surface area contributed by atoms with Gasteiger partial charge in [0.25, 0.3) is 11.5 Å². The van der Waals surface area contributed by atoms with Gasteiger partial charge in [-0.3, -0.25) is 14.4 Å². The molecule has 0 radical (unpaired) electrons. The highest BCUT2D eigenvalue weighted by molar-refractivity contribution is 6.07. The van der Waals surface area contributed by atoms with E-state index in [9.17, 15) is 14.4 Å². The van der Waals surface area contributed by atoms with Gasteiger partial charge < -0.3 is 15.0 Å². The Morgan fingerprint density at radius 3 is 2.52 bits per heavy atom. The van der Waals surface area contributed by atoms with Crippen LogP contribution in [0.4, 0.5) is 5.69 Å². The highest BCUT2D eigenvalue weighted by atomic mass is 16.5. The first-order chi connectivity index (χ1) is 14.1. The Morgan fingerprint density at radius 2 is 1.76 bits per heavy atom. The molecule has 0 bridgehead atoms. The van der Waals surface area contributed by atoms with Gasteiger partial charge in [0, 0.05) is 17.7 Å². The number of hydrogen-bond acceptors (Lipinski definition) is 4. The summed E-state index contributed by atoms with van der Waals surface area (Å²) >= 11 is 0. The number of fused-ring (bicyclic) bond motifs is 1. The summed E-state index contributed by atoms with van der Waals surface area (Å²) in [7, 11) is 1.50.